The van der Waals surface area contributed by atoms with E-state index in [1.165, 1.54) is 19.1 Å². The van der Waals surface area contributed by atoms with Crippen molar-refractivity contribution in [3.63, 3.8) is 0 Å². The molecule has 0 saturated heterocycles. The van der Waals surface area contributed by atoms with E-state index in [-0.39, 0.29) is 16.9 Å². The molecule has 1 aromatic carbocycles. The smallest absolute Gasteiger partial charge is 0.259 e. The third-order valence-electron chi connectivity index (χ3n) is 3.07. The molecule has 2 aromatic rings. The van der Waals surface area contributed by atoms with Crippen LogP contribution in [0.1, 0.15) is 43.8 Å². The molecule has 0 atom stereocenters. The standard InChI is InChI=1S/C13H9NO4/c1-5(15)11-6(2)18-10-4-8-7(3-9(10)11)12(16)14-13(8)17/h3-4H,1-2H3,(H,14,16,17). The molecule has 0 spiro atoms. The fourth-order valence-electron chi connectivity index (χ4n) is 2.32. The summed E-state index contributed by atoms with van der Waals surface area (Å²) in [7, 11) is 0. The second-order valence-corrected chi connectivity index (χ2v) is 4.27. The van der Waals surface area contributed by atoms with Crippen molar-refractivity contribution >= 4 is 28.6 Å². The fraction of sp³-hybridized carbons (Fsp3) is 0.154. The number of furan rings is 1. The van der Waals surface area contributed by atoms with Crippen LogP contribution in [0.4, 0.5) is 0 Å². The van der Waals surface area contributed by atoms with Crippen molar-refractivity contribution in [2.75, 3.05) is 0 Å². The normalized spacial score (nSPS) is 13.9. The van der Waals surface area contributed by atoms with Gasteiger partial charge in [-0.3, -0.25) is 19.7 Å². The number of nitrogens with one attached hydrogen (secondary N) is 1. The number of carbonyl (C=O) groups is 3. The largest absolute Gasteiger partial charge is 0.461 e. The van der Waals surface area contributed by atoms with Crippen molar-refractivity contribution in [3.8, 4) is 0 Å². The number of rotatable bonds is 1. The number of benzene rings is 1. The zero-order valence-corrected chi connectivity index (χ0v) is 9.79. The Morgan fingerprint density at radius 2 is 1.78 bits per heavy atom. The zero-order valence-electron chi connectivity index (χ0n) is 9.79. The Labute approximate surface area is 102 Å². The molecule has 0 aliphatic carbocycles. The molecule has 5 nitrogen and oxygen atoms in total. The Bertz CT molecular complexity index is 739. The first-order chi connectivity index (χ1) is 8.49. The molecule has 90 valence electrons. The molecule has 1 N–H and O–H groups in total. The average molecular weight is 243 g/mol. The number of hydrogen-bond donors (Lipinski definition) is 1. The quantitative estimate of drug-likeness (QED) is 0.612. The summed E-state index contributed by atoms with van der Waals surface area (Å²) in [5.74, 6) is -0.509. The average Bonchev–Trinajstić information content (AvgIpc) is 2.74. The number of amides is 2. The summed E-state index contributed by atoms with van der Waals surface area (Å²) in [5.41, 5.74) is 1.48. The second-order valence-electron chi connectivity index (χ2n) is 4.27. The van der Waals surface area contributed by atoms with Crippen molar-refractivity contribution in [2.45, 2.75) is 13.8 Å². The molecular formula is C13H9NO4. The van der Waals surface area contributed by atoms with Gasteiger partial charge in [-0.2, -0.15) is 0 Å². The molecule has 2 amide bonds. The highest BCUT2D eigenvalue weighted by atomic mass is 16.3. The molecular weight excluding hydrogens is 234 g/mol. The molecule has 1 aliphatic rings. The van der Waals surface area contributed by atoms with Crippen LogP contribution in [0.5, 0.6) is 0 Å². The summed E-state index contributed by atoms with van der Waals surface area (Å²) in [6.45, 7) is 3.12. The molecule has 18 heavy (non-hydrogen) atoms. The van der Waals surface area contributed by atoms with E-state index in [1.807, 2.05) is 0 Å². The number of ketones is 1. The first-order valence-corrected chi connectivity index (χ1v) is 5.43. The Morgan fingerprint density at radius 3 is 2.39 bits per heavy atom. The van der Waals surface area contributed by atoms with E-state index < -0.39 is 11.8 Å². The van der Waals surface area contributed by atoms with E-state index in [9.17, 15) is 14.4 Å². The number of hydrogen-bond acceptors (Lipinski definition) is 4. The maximum absolute atomic E-state index is 11.6. The van der Waals surface area contributed by atoms with Crippen LogP contribution in [0.3, 0.4) is 0 Å². The summed E-state index contributed by atoms with van der Waals surface area (Å²) < 4.78 is 5.46. The Morgan fingerprint density at radius 1 is 1.17 bits per heavy atom. The lowest BCUT2D eigenvalue weighted by atomic mass is 10.0. The first-order valence-electron chi connectivity index (χ1n) is 5.43. The van der Waals surface area contributed by atoms with E-state index in [0.717, 1.165) is 0 Å². The van der Waals surface area contributed by atoms with E-state index in [4.69, 9.17) is 4.42 Å². The third-order valence-corrected chi connectivity index (χ3v) is 3.07. The van der Waals surface area contributed by atoms with Gasteiger partial charge < -0.3 is 4.42 Å². The number of fused-ring (bicyclic) bond motifs is 2. The van der Waals surface area contributed by atoms with E-state index in [1.54, 1.807) is 6.92 Å². The SMILES string of the molecule is CC(=O)c1c(C)oc2cc3c(cc12)C(=O)NC3=O. The van der Waals surface area contributed by atoms with Gasteiger partial charge in [0.1, 0.15) is 11.3 Å². The number of Topliss-reactive ketones (excluding diaryl/α,β-unsaturated/α-hetero) is 1. The lowest BCUT2D eigenvalue weighted by Gasteiger charge is -1.96. The molecule has 5 heteroatoms. The molecule has 0 saturated carbocycles. The van der Waals surface area contributed by atoms with Gasteiger partial charge in [-0.25, -0.2) is 0 Å². The molecule has 1 aliphatic heterocycles. The Kier molecular flexibility index (Phi) is 1.96. The summed E-state index contributed by atoms with van der Waals surface area (Å²) in [5, 5.41) is 2.78. The minimum Gasteiger partial charge on any atom is -0.461 e. The molecule has 3 rings (SSSR count). The van der Waals surface area contributed by atoms with Crippen molar-refractivity contribution in [3.05, 3.63) is 34.6 Å². The fourth-order valence-corrected chi connectivity index (χ4v) is 2.32. The van der Waals surface area contributed by atoms with Gasteiger partial charge in [0, 0.05) is 5.39 Å². The van der Waals surface area contributed by atoms with Crippen LogP contribution in [-0.4, -0.2) is 17.6 Å². The number of aryl methyl sites for hydroxylation is 1. The van der Waals surface area contributed by atoms with Crippen molar-refractivity contribution in [1.82, 2.24) is 5.32 Å². The number of carbonyl (C=O) groups excluding carboxylic acids is 3. The maximum atomic E-state index is 11.6. The van der Waals surface area contributed by atoms with Gasteiger partial charge in [0.05, 0.1) is 16.7 Å². The van der Waals surface area contributed by atoms with Gasteiger partial charge in [-0.15, -0.1) is 0 Å². The van der Waals surface area contributed by atoms with Gasteiger partial charge in [-0.1, -0.05) is 0 Å². The molecule has 0 radical (unpaired) electrons. The highest BCUT2D eigenvalue weighted by molar-refractivity contribution is 6.23. The second kappa shape index (κ2) is 3.29. The van der Waals surface area contributed by atoms with Crippen molar-refractivity contribution in [1.29, 1.82) is 0 Å². The predicted molar refractivity (Wildman–Crippen MR) is 62.8 cm³/mol. The van der Waals surface area contributed by atoms with Crippen LogP contribution in [-0.2, 0) is 0 Å². The summed E-state index contributed by atoms with van der Waals surface area (Å²) in [6, 6.07) is 3.04. The topological polar surface area (TPSA) is 76.4 Å². The van der Waals surface area contributed by atoms with Crippen molar-refractivity contribution < 1.29 is 18.8 Å². The molecule has 0 unspecified atom stereocenters. The highest BCUT2D eigenvalue weighted by Gasteiger charge is 2.29. The monoisotopic (exact) mass is 243 g/mol. The van der Waals surface area contributed by atoms with E-state index in [0.29, 0.717) is 22.3 Å². The Balaban J connectivity index is 2.41. The van der Waals surface area contributed by atoms with Crippen LogP contribution in [0.15, 0.2) is 16.5 Å². The molecule has 2 heterocycles. The summed E-state index contributed by atoms with van der Waals surface area (Å²) >= 11 is 0. The van der Waals surface area contributed by atoms with Gasteiger partial charge in [0.2, 0.25) is 0 Å². The van der Waals surface area contributed by atoms with E-state index >= 15 is 0 Å². The number of imide groups is 1. The lowest BCUT2D eigenvalue weighted by Crippen LogP contribution is -2.19. The van der Waals surface area contributed by atoms with Gasteiger partial charge in [0.15, 0.2) is 5.78 Å². The van der Waals surface area contributed by atoms with Gasteiger partial charge in [-0.05, 0) is 26.0 Å². The van der Waals surface area contributed by atoms with Gasteiger partial charge >= 0.3 is 0 Å². The predicted octanol–water partition coefficient (Wildman–Crippen LogP) is 1.83. The highest BCUT2D eigenvalue weighted by Crippen LogP contribution is 2.30. The minimum atomic E-state index is -0.440. The Hall–Kier alpha value is -2.43. The van der Waals surface area contributed by atoms with Crippen molar-refractivity contribution in [2.24, 2.45) is 0 Å². The molecule has 0 bridgehead atoms. The van der Waals surface area contributed by atoms with Gasteiger partial charge in [0.25, 0.3) is 11.8 Å². The third kappa shape index (κ3) is 1.24. The first kappa shape index (κ1) is 10.7. The summed E-state index contributed by atoms with van der Waals surface area (Å²) in [6.07, 6.45) is 0. The zero-order chi connectivity index (χ0) is 13.0. The molecule has 0 fully saturated rings. The lowest BCUT2D eigenvalue weighted by molar-refractivity contribution is 0.0878. The van der Waals surface area contributed by atoms with E-state index in [2.05, 4.69) is 5.32 Å². The van der Waals surface area contributed by atoms with Crippen LogP contribution in [0.2, 0.25) is 0 Å². The maximum Gasteiger partial charge on any atom is 0.259 e. The summed E-state index contributed by atoms with van der Waals surface area (Å²) in [4.78, 5) is 34.6. The van der Waals surface area contributed by atoms with Crippen LogP contribution in [0, 0.1) is 6.92 Å². The molecule has 1 aromatic heterocycles. The van der Waals surface area contributed by atoms with Crippen LogP contribution < -0.4 is 5.32 Å². The van der Waals surface area contributed by atoms with Crippen LogP contribution in [0.25, 0.3) is 11.0 Å². The van der Waals surface area contributed by atoms with Crippen LogP contribution >= 0.6 is 0 Å². The minimum absolute atomic E-state index is 0.129.